The predicted octanol–water partition coefficient (Wildman–Crippen LogP) is 3.24. The molecular formula is C19H17N5O. The molecule has 0 aliphatic heterocycles. The monoisotopic (exact) mass is 331 g/mol. The van der Waals surface area contributed by atoms with E-state index < -0.39 is 6.10 Å². The molecule has 25 heavy (non-hydrogen) atoms. The molecule has 3 N–H and O–H groups in total. The van der Waals surface area contributed by atoms with Crippen molar-refractivity contribution in [3.05, 3.63) is 78.0 Å². The van der Waals surface area contributed by atoms with Gasteiger partial charge in [-0.2, -0.15) is 10.2 Å². The van der Waals surface area contributed by atoms with Crippen LogP contribution in [0.15, 0.2) is 66.9 Å². The van der Waals surface area contributed by atoms with Crippen molar-refractivity contribution in [2.75, 3.05) is 17.2 Å². The molecule has 0 aliphatic rings. The Balaban J connectivity index is 1.64. The van der Waals surface area contributed by atoms with Gasteiger partial charge in [-0.15, -0.1) is 0 Å². The highest BCUT2D eigenvalue weighted by atomic mass is 16.3. The Morgan fingerprint density at radius 1 is 1.08 bits per heavy atom. The molecule has 6 heteroatoms. The average molecular weight is 331 g/mol. The minimum absolute atomic E-state index is 0.338. The van der Waals surface area contributed by atoms with Crippen molar-refractivity contribution in [3.8, 4) is 6.07 Å². The van der Waals surface area contributed by atoms with Gasteiger partial charge in [0.25, 0.3) is 0 Å². The maximum atomic E-state index is 10.2. The van der Waals surface area contributed by atoms with E-state index in [1.165, 1.54) is 0 Å². The summed E-state index contributed by atoms with van der Waals surface area (Å²) in [5.41, 5.74) is 2.14. The van der Waals surface area contributed by atoms with E-state index in [-0.39, 0.29) is 0 Å². The summed E-state index contributed by atoms with van der Waals surface area (Å²) in [6.07, 6.45) is 1.00. The number of hydrogen-bond acceptors (Lipinski definition) is 6. The predicted molar refractivity (Wildman–Crippen MR) is 96.4 cm³/mol. The van der Waals surface area contributed by atoms with Gasteiger partial charge in [0.2, 0.25) is 5.95 Å². The molecule has 1 unspecified atom stereocenters. The first-order valence-electron chi connectivity index (χ1n) is 7.82. The highest BCUT2D eigenvalue weighted by Crippen LogP contribution is 2.17. The third-order valence-corrected chi connectivity index (χ3v) is 3.56. The Labute approximate surface area is 145 Å². The number of aromatic nitrogens is 2. The number of nitrogens with zero attached hydrogens (tertiary/aromatic N) is 3. The molecule has 3 aromatic rings. The lowest BCUT2D eigenvalue weighted by Gasteiger charge is -2.13. The van der Waals surface area contributed by atoms with Gasteiger partial charge in [-0.3, -0.25) is 0 Å². The lowest BCUT2D eigenvalue weighted by atomic mass is 10.1. The largest absolute Gasteiger partial charge is 0.387 e. The summed E-state index contributed by atoms with van der Waals surface area (Å²) in [5, 5.41) is 25.3. The summed E-state index contributed by atoms with van der Waals surface area (Å²) in [6.45, 7) is 0.338. The number of nitriles is 1. The summed E-state index contributed by atoms with van der Waals surface area (Å²) in [5.74, 6) is 1.01. The van der Waals surface area contributed by atoms with Crippen LogP contribution >= 0.6 is 0 Å². The van der Waals surface area contributed by atoms with E-state index in [9.17, 15) is 5.11 Å². The zero-order chi connectivity index (χ0) is 17.5. The first-order chi connectivity index (χ1) is 12.2. The molecule has 0 aliphatic carbocycles. The average Bonchev–Trinajstić information content (AvgIpc) is 2.67. The Morgan fingerprint density at radius 3 is 2.72 bits per heavy atom. The van der Waals surface area contributed by atoms with Crippen LogP contribution in [0, 0.1) is 11.3 Å². The van der Waals surface area contributed by atoms with Crippen LogP contribution < -0.4 is 10.6 Å². The fraction of sp³-hybridized carbons (Fsp3) is 0.105. The molecule has 0 radical (unpaired) electrons. The summed E-state index contributed by atoms with van der Waals surface area (Å²) in [7, 11) is 0. The van der Waals surface area contributed by atoms with Gasteiger partial charge in [-0.25, -0.2) is 4.98 Å². The second-order valence-electron chi connectivity index (χ2n) is 5.39. The van der Waals surface area contributed by atoms with Crippen LogP contribution in [-0.4, -0.2) is 21.6 Å². The van der Waals surface area contributed by atoms with Crippen LogP contribution in [0.25, 0.3) is 0 Å². The SMILES string of the molecule is N#Cc1cccc(Nc2nccc(NCC(O)c3ccccc3)n2)c1. The van der Waals surface area contributed by atoms with Crippen molar-refractivity contribution in [1.82, 2.24) is 9.97 Å². The maximum absolute atomic E-state index is 10.2. The number of anilines is 3. The normalized spacial score (nSPS) is 11.4. The highest BCUT2D eigenvalue weighted by molar-refractivity contribution is 5.57. The highest BCUT2D eigenvalue weighted by Gasteiger charge is 2.07. The van der Waals surface area contributed by atoms with E-state index in [2.05, 4.69) is 26.7 Å². The molecule has 0 fully saturated rings. The van der Waals surface area contributed by atoms with Crippen molar-refractivity contribution < 1.29 is 5.11 Å². The van der Waals surface area contributed by atoms with E-state index in [4.69, 9.17) is 5.26 Å². The number of aliphatic hydroxyl groups is 1. The Kier molecular flexibility index (Phi) is 5.19. The first kappa shape index (κ1) is 16.4. The molecule has 1 aromatic heterocycles. The van der Waals surface area contributed by atoms with Crippen molar-refractivity contribution in [3.63, 3.8) is 0 Å². The molecule has 0 saturated carbocycles. The van der Waals surface area contributed by atoms with Crippen molar-refractivity contribution in [1.29, 1.82) is 5.26 Å². The molecule has 1 heterocycles. The zero-order valence-corrected chi connectivity index (χ0v) is 13.4. The van der Waals surface area contributed by atoms with Gasteiger partial charge in [0.1, 0.15) is 5.82 Å². The van der Waals surface area contributed by atoms with Gasteiger partial charge in [-0.1, -0.05) is 36.4 Å². The minimum atomic E-state index is -0.625. The number of rotatable bonds is 6. The number of benzene rings is 2. The molecule has 0 saturated heterocycles. The summed E-state index contributed by atoms with van der Waals surface area (Å²) in [6, 6.07) is 20.3. The molecule has 1 atom stereocenters. The maximum Gasteiger partial charge on any atom is 0.229 e. The van der Waals surface area contributed by atoms with Crippen molar-refractivity contribution in [2.45, 2.75) is 6.10 Å². The molecule has 0 spiro atoms. The Hall–Kier alpha value is -3.43. The Bertz CT molecular complexity index is 876. The van der Waals surface area contributed by atoms with E-state index in [0.29, 0.717) is 23.9 Å². The molecule has 124 valence electrons. The molecule has 2 aromatic carbocycles. The van der Waals surface area contributed by atoms with Crippen molar-refractivity contribution >= 4 is 17.5 Å². The van der Waals surface area contributed by atoms with E-state index >= 15 is 0 Å². The third kappa shape index (κ3) is 4.53. The van der Waals surface area contributed by atoms with Crippen LogP contribution in [0.4, 0.5) is 17.5 Å². The summed E-state index contributed by atoms with van der Waals surface area (Å²) >= 11 is 0. The quantitative estimate of drug-likeness (QED) is 0.642. The zero-order valence-electron chi connectivity index (χ0n) is 13.4. The first-order valence-corrected chi connectivity index (χ1v) is 7.82. The molecule has 6 nitrogen and oxygen atoms in total. The van der Waals surface area contributed by atoms with Crippen molar-refractivity contribution in [2.24, 2.45) is 0 Å². The summed E-state index contributed by atoms with van der Waals surface area (Å²) in [4.78, 5) is 8.53. The third-order valence-electron chi connectivity index (χ3n) is 3.56. The molecule has 0 bridgehead atoms. The van der Waals surface area contributed by atoms with Crippen LogP contribution in [0.3, 0.4) is 0 Å². The van der Waals surface area contributed by atoms with Crippen LogP contribution in [0.1, 0.15) is 17.2 Å². The van der Waals surface area contributed by atoms with Gasteiger partial charge in [-0.05, 0) is 29.8 Å². The summed E-state index contributed by atoms with van der Waals surface area (Å²) < 4.78 is 0. The molecule has 3 rings (SSSR count). The van der Waals surface area contributed by atoms with Gasteiger partial charge < -0.3 is 15.7 Å². The molecule has 0 amide bonds. The van der Waals surface area contributed by atoms with Gasteiger partial charge in [0.15, 0.2) is 0 Å². The number of nitrogens with one attached hydrogen (secondary N) is 2. The fourth-order valence-electron chi connectivity index (χ4n) is 2.31. The number of aliphatic hydroxyl groups excluding tert-OH is 1. The second-order valence-corrected chi connectivity index (χ2v) is 5.39. The fourth-order valence-corrected chi connectivity index (χ4v) is 2.31. The van der Waals surface area contributed by atoms with Gasteiger partial charge in [0.05, 0.1) is 17.7 Å². The second kappa shape index (κ2) is 7.90. The van der Waals surface area contributed by atoms with Crippen LogP contribution in [-0.2, 0) is 0 Å². The van der Waals surface area contributed by atoms with Crippen LogP contribution in [0.5, 0.6) is 0 Å². The Morgan fingerprint density at radius 2 is 1.92 bits per heavy atom. The lowest BCUT2D eigenvalue weighted by molar-refractivity contribution is 0.191. The van der Waals surface area contributed by atoms with Gasteiger partial charge >= 0.3 is 0 Å². The molecular weight excluding hydrogens is 314 g/mol. The minimum Gasteiger partial charge on any atom is -0.387 e. The van der Waals surface area contributed by atoms with Crippen LogP contribution in [0.2, 0.25) is 0 Å². The van der Waals surface area contributed by atoms with E-state index in [0.717, 1.165) is 11.3 Å². The van der Waals surface area contributed by atoms with E-state index in [1.807, 2.05) is 36.4 Å². The lowest BCUT2D eigenvalue weighted by Crippen LogP contribution is -2.13. The standard InChI is InChI=1S/C19H17N5O/c20-12-14-5-4-8-16(11-14)23-19-21-10-9-18(24-19)22-13-17(25)15-6-2-1-3-7-15/h1-11,17,25H,13H2,(H2,21,22,23,24). The number of hydrogen-bond donors (Lipinski definition) is 3. The topological polar surface area (TPSA) is 93.9 Å². The van der Waals surface area contributed by atoms with Gasteiger partial charge in [0, 0.05) is 18.4 Å². The van der Waals surface area contributed by atoms with E-state index in [1.54, 1.807) is 30.5 Å². The smallest absolute Gasteiger partial charge is 0.229 e.